The molecular weight excluding hydrogens is 405 g/mol. The van der Waals surface area contributed by atoms with E-state index in [2.05, 4.69) is 15.1 Å². The van der Waals surface area contributed by atoms with Gasteiger partial charge in [-0.15, -0.1) is 11.3 Å². The Hall–Kier alpha value is -2.98. The number of hydrogen-bond donors (Lipinski definition) is 2. The molecule has 0 spiro atoms. The highest BCUT2D eigenvalue weighted by Crippen LogP contribution is 2.35. The van der Waals surface area contributed by atoms with Gasteiger partial charge in [0.2, 0.25) is 0 Å². The van der Waals surface area contributed by atoms with Crippen molar-refractivity contribution in [3.05, 3.63) is 68.8 Å². The van der Waals surface area contributed by atoms with E-state index >= 15 is 0 Å². The average Bonchev–Trinajstić information content (AvgIpc) is 3.22. The summed E-state index contributed by atoms with van der Waals surface area (Å²) >= 11 is 1.35. The van der Waals surface area contributed by atoms with E-state index in [9.17, 15) is 18.0 Å². The first kappa shape index (κ1) is 19.3. The van der Waals surface area contributed by atoms with E-state index in [1.165, 1.54) is 11.3 Å². The van der Waals surface area contributed by atoms with Crippen LogP contribution in [0.2, 0.25) is 0 Å². The molecule has 0 amide bonds. The normalized spacial score (nSPS) is 12.0. The number of thiophene rings is 1. The largest absolute Gasteiger partial charge is 0.435 e. The molecule has 0 aliphatic carbocycles. The number of aryl methyl sites for hydroxylation is 1. The van der Waals surface area contributed by atoms with Crippen molar-refractivity contribution >= 4 is 21.6 Å². The third-order valence-electron chi connectivity index (χ3n) is 4.44. The second-order valence-corrected chi connectivity index (χ2v) is 7.65. The SMILES string of the molecule is Cc1sc2nc(Cn3cc(CO)c(C(F)(F)F)n3)[nH]c(=O)c2c1-c1ccccc1. The maximum Gasteiger partial charge on any atom is 0.435 e. The van der Waals surface area contributed by atoms with E-state index in [1.807, 2.05) is 37.3 Å². The first-order valence-electron chi connectivity index (χ1n) is 8.60. The average molecular weight is 420 g/mol. The van der Waals surface area contributed by atoms with E-state index < -0.39 is 18.5 Å². The molecule has 0 radical (unpaired) electrons. The van der Waals surface area contributed by atoms with Gasteiger partial charge in [-0.1, -0.05) is 30.3 Å². The number of aliphatic hydroxyl groups is 1. The van der Waals surface area contributed by atoms with Crippen LogP contribution in [-0.4, -0.2) is 24.9 Å². The topological polar surface area (TPSA) is 83.8 Å². The number of nitrogens with one attached hydrogen (secondary N) is 1. The summed E-state index contributed by atoms with van der Waals surface area (Å²) in [4.78, 5) is 21.2. The minimum atomic E-state index is -4.68. The number of aromatic amines is 1. The van der Waals surface area contributed by atoms with Crippen molar-refractivity contribution in [2.75, 3.05) is 0 Å². The molecule has 150 valence electrons. The van der Waals surface area contributed by atoms with E-state index in [4.69, 9.17) is 5.11 Å². The Morgan fingerprint density at radius 1 is 1.24 bits per heavy atom. The Bertz CT molecular complexity index is 1240. The van der Waals surface area contributed by atoms with Crippen LogP contribution in [0.4, 0.5) is 13.2 Å². The Morgan fingerprint density at radius 3 is 2.59 bits per heavy atom. The monoisotopic (exact) mass is 420 g/mol. The molecule has 4 aromatic rings. The number of aromatic nitrogens is 4. The Morgan fingerprint density at radius 2 is 1.97 bits per heavy atom. The Labute approximate surface area is 166 Å². The summed E-state index contributed by atoms with van der Waals surface area (Å²) < 4.78 is 40.0. The summed E-state index contributed by atoms with van der Waals surface area (Å²) in [5, 5.41) is 13.1. The molecule has 0 fully saturated rings. The smallest absolute Gasteiger partial charge is 0.392 e. The highest BCUT2D eigenvalue weighted by molar-refractivity contribution is 7.19. The molecule has 0 aliphatic heterocycles. The predicted molar refractivity (Wildman–Crippen MR) is 103 cm³/mol. The van der Waals surface area contributed by atoms with Crippen LogP contribution < -0.4 is 5.56 Å². The van der Waals surface area contributed by atoms with Gasteiger partial charge in [-0.2, -0.15) is 18.3 Å². The zero-order chi connectivity index (χ0) is 20.8. The van der Waals surface area contributed by atoms with Gasteiger partial charge in [0.05, 0.1) is 18.5 Å². The van der Waals surface area contributed by atoms with Gasteiger partial charge >= 0.3 is 6.18 Å². The van der Waals surface area contributed by atoms with Gasteiger partial charge in [-0.05, 0) is 12.5 Å². The van der Waals surface area contributed by atoms with Crippen molar-refractivity contribution in [3.63, 3.8) is 0 Å². The van der Waals surface area contributed by atoms with Gasteiger partial charge in [0.25, 0.3) is 5.56 Å². The summed E-state index contributed by atoms with van der Waals surface area (Å²) in [5.74, 6) is 0.184. The van der Waals surface area contributed by atoms with Crippen molar-refractivity contribution in [1.82, 2.24) is 19.7 Å². The second kappa shape index (κ2) is 7.12. The molecular formula is C19H15F3N4O2S. The van der Waals surface area contributed by atoms with E-state index in [0.29, 0.717) is 10.2 Å². The minimum absolute atomic E-state index is 0.161. The van der Waals surface area contributed by atoms with Crippen LogP contribution in [0.1, 0.15) is 22.0 Å². The summed E-state index contributed by atoms with van der Waals surface area (Å²) in [6.45, 7) is 0.943. The molecule has 0 bridgehead atoms. The highest BCUT2D eigenvalue weighted by atomic mass is 32.1. The fourth-order valence-corrected chi connectivity index (χ4v) is 4.31. The van der Waals surface area contributed by atoms with E-state index in [0.717, 1.165) is 26.9 Å². The molecule has 2 N–H and O–H groups in total. The molecule has 0 saturated carbocycles. The van der Waals surface area contributed by atoms with Crippen molar-refractivity contribution in [3.8, 4) is 11.1 Å². The summed E-state index contributed by atoms with van der Waals surface area (Å²) in [6.07, 6.45) is -3.58. The van der Waals surface area contributed by atoms with E-state index in [-0.39, 0.29) is 23.5 Å². The standard InChI is InChI=1S/C19H15F3N4O2S/c1-10-14(11-5-3-2-4-6-11)15-17(28)23-13(24-18(15)29-10)8-26-7-12(9-27)16(25-26)19(20,21)22/h2-7,27H,8-9H2,1H3,(H,23,24,28). The van der Waals surface area contributed by atoms with Crippen molar-refractivity contribution in [2.45, 2.75) is 26.3 Å². The quantitative estimate of drug-likeness (QED) is 0.527. The Balaban J connectivity index is 1.76. The number of fused-ring (bicyclic) bond motifs is 1. The van der Waals surface area contributed by atoms with Gasteiger partial charge < -0.3 is 10.1 Å². The van der Waals surface area contributed by atoms with Crippen LogP contribution in [-0.2, 0) is 19.3 Å². The number of rotatable bonds is 4. The maximum atomic E-state index is 13.0. The predicted octanol–water partition coefficient (Wildman–Crippen LogP) is 3.72. The van der Waals surface area contributed by atoms with Crippen molar-refractivity contribution < 1.29 is 18.3 Å². The van der Waals surface area contributed by atoms with Crippen LogP contribution >= 0.6 is 11.3 Å². The fraction of sp³-hybridized carbons (Fsp3) is 0.211. The summed E-state index contributed by atoms with van der Waals surface area (Å²) in [5.41, 5.74) is -0.155. The van der Waals surface area contributed by atoms with Crippen molar-refractivity contribution in [2.24, 2.45) is 0 Å². The maximum absolute atomic E-state index is 13.0. The summed E-state index contributed by atoms with van der Waals surface area (Å²) in [7, 11) is 0. The van der Waals surface area contributed by atoms with Gasteiger partial charge in [0.15, 0.2) is 5.69 Å². The molecule has 3 aromatic heterocycles. The first-order chi connectivity index (χ1) is 13.8. The fourth-order valence-electron chi connectivity index (χ4n) is 3.24. The number of halogens is 3. The van der Waals surface area contributed by atoms with E-state index in [1.54, 1.807) is 0 Å². The van der Waals surface area contributed by atoms with Crippen LogP contribution in [0.15, 0.2) is 41.3 Å². The number of hydrogen-bond acceptors (Lipinski definition) is 5. The van der Waals surface area contributed by atoms with Gasteiger partial charge in [0, 0.05) is 22.2 Å². The third-order valence-corrected chi connectivity index (χ3v) is 5.44. The van der Waals surface area contributed by atoms with Crippen molar-refractivity contribution in [1.29, 1.82) is 0 Å². The molecule has 3 heterocycles. The van der Waals surface area contributed by atoms with Crippen LogP contribution in [0.25, 0.3) is 21.3 Å². The van der Waals surface area contributed by atoms with Crippen LogP contribution in [0.5, 0.6) is 0 Å². The van der Waals surface area contributed by atoms with Crippen LogP contribution in [0, 0.1) is 6.92 Å². The molecule has 0 saturated heterocycles. The molecule has 0 aliphatic rings. The lowest BCUT2D eigenvalue weighted by molar-refractivity contribution is -0.142. The molecule has 0 unspecified atom stereocenters. The minimum Gasteiger partial charge on any atom is -0.392 e. The molecule has 29 heavy (non-hydrogen) atoms. The lowest BCUT2D eigenvalue weighted by atomic mass is 10.0. The van der Waals surface area contributed by atoms with Gasteiger partial charge in [-0.25, -0.2) is 4.98 Å². The number of benzene rings is 1. The number of H-pyrrole nitrogens is 1. The number of alkyl halides is 3. The second-order valence-electron chi connectivity index (χ2n) is 6.45. The van der Waals surface area contributed by atoms with Gasteiger partial charge in [-0.3, -0.25) is 9.48 Å². The third kappa shape index (κ3) is 3.56. The zero-order valence-electron chi connectivity index (χ0n) is 15.1. The number of nitrogens with zero attached hydrogens (tertiary/aromatic N) is 3. The lowest BCUT2D eigenvalue weighted by Gasteiger charge is -2.04. The molecule has 1 aromatic carbocycles. The summed E-state index contributed by atoms with van der Waals surface area (Å²) in [6, 6.07) is 9.45. The molecule has 6 nitrogen and oxygen atoms in total. The van der Waals surface area contributed by atoms with Crippen LogP contribution in [0.3, 0.4) is 0 Å². The number of aliphatic hydroxyl groups excluding tert-OH is 1. The first-order valence-corrected chi connectivity index (χ1v) is 9.41. The highest BCUT2D eigenvalue weighted by Gasteiger charge is 2.37. The Kier molecular flexibility index (Phi) is 4.75. The lowest BCUT2D eigenvalue weighted by Crippen LogP contribution is -2.15. The molecule has 4 rings (SSSR count). The zero-order valence-corrected chi connectivity index (χ0v) is 15.9. The van der Waals surface area contributed by atoms with Gasteiger partial charge in [0.1, 0.15) is 10.7 Å². The molecule has 0 atom stereocenters. The molecule has 10 heteroatoms.